The summed E-state index contributed by atoms with van der Waals surface area (Å²) in [5, 5.41) is 3.65. The Kier molecular flexibility index (Phi) is 12.8. The van der Waals surface area contributed by atoms with E-state index < -0.39 is 33.9 Å². The summed E-state index contributed by atoms with van der Waals surface area (Å²) in [7, 11) is -1.48. The Labute approximate surface area is 276 Å². The molecule has 0 bridgehead atoms. The molecule has 2 N–H and O–H groups in total. The molecular weight excluding hydrogens is 563 g/mol. The summed E-state index contributed by atoms with van der Waals surface area (Å²) in [6, 6.07) is 20.7. The van der Waals surface area contributed by atoms with Crippen LogP contribution in [0.15, 0.2) is 78.9 Å². The second kappa shape index (κ2) is 15.3. The zero-order chi connectivity index (χ0) is 28.6. The van der Waals surface area contributed by atoms with Gasteiger partial charge in [0.15, 0.2) is 0 Å². The van der Waals surface area contributed by atoms with Crippen molar-refractivity contribution < 1.29 is 83.5 Å². The molecule has 0 aliphatic carbocycles. The summed E-state index contributed by atoms with van der Waals surface area (Å²) < 4.78 is 39.2. The molecule has 0 aliphatic rings. The Morgan fingerprint density at radius 1 is 0.925 bits per heavy atom. The van der Waals surface area contributed by atoms with Crippen LogP contribution in [0.4, 0.5) is 21.9 Å². The average Bonchev–Trinajstić information content (AvgIpc) is 2.93. The number of methoxy groups -OCH3 is 1. The summed E-state index contributed by atoms with van der Waals surface area (Å²) in [6.45, 7) is 0.505. The van der Waals surface area contributed by atoms with Crippen molar-refractivity contribution in [3.05, 3.63) is 84.4 Å². The van der Waals surface area contributed by atoms with Crippen molar-refractivity contribution in [2.45, 2.75) is 12.2 Å². The summed E-state index contributed by atoms with van der Waals surface area (Å²) in [5.74, 6) is -0.441. The molecule has 1 atom stereocenters. The molecule has 3 aromatic carbocycles. The van der Waals surface area contributed by atoms with E-state index in [1.165, 1.54) is 48.1 Å². The fourth-order valence-corrected chi connectivity index (χ4v) is 4.08. The Hall–Kier alpha value is -2.78. The molecule has 0 saturated carbocycles. The van der Waals surface area contributed by atoms with Gasteiger partial charge in [0.1, 0.15) is 22.4 Å². The van der Waals surface area contributed by atoms with Gasteiger partial charge in [0.05, 0.1) is 18.9 Å². The molecule has 0 spiro atoms. The molecule has 40 heavy (non-hydrogen) atoms. The monoisotopic (exact) mass is 592 g/mol. The Morgan fingerprint density at radius 3 is 2.23 bits per heavy atom. The molecule has 0 aliphatic heterocycles. The molecule has 0 heterocycles. The van der Waals surface area contributed by atoms with E-state index in [0.29, 0.717) is 17.1 Å². The molecular formula is C27H29KN4O7S. The SMILES string of the molecule is COc1cccc(N(CC(=O)N(C)c2ccccc2)C(=O)CNC(=O)Nc2cccc(C(C)S(=O)(=O)[O-])c2)c1.[K+]. The molecule has 206 valence electrons. The van der Waals surface area contributed by atoms with Crippen LogP contribution in [-0.4, -0.2) is 58.1 Å². The minimum absolute atomic E-state index is 0. The van der Waals surface area contributed by atoms with E-state index in [-0.39, 0.29) is 75.1 Å². The molecule has 0 radical (unpaired) electrons. The first-order valence-electron chi connectivity index (χ1n) is 11.8. The van der Waals surface area contributed by atoms with Gasteiger partial charge in [-0.25, -0.2) is 13.2 Å². The zero-order valence-electron chi connectivity index (χ0n) is 22.7. The van der Waals surface area contributed by atoms with Gasteiger partial charge in [-0.05, 0) is 48.9 Å². The molecule has 3 rings (SSSR count). The Balaban J connectivity index is 0.00000560. The van der Waals surface area contributed by atoms with E-state index in [2.05, 4.69) is 10.6 Å². The van der Waals surface area contributed by atoms with Gasteiger partial charge in [-0.2, -0.15) is 0 Å². The predicted octanol–water partition coefficient (Wildman–Crippen LogP) is 0.123. The number of amides is 4. The van der Waals surface area contributed by atoms with Crippen molar-refractivity contribution in [2.24, 2.45) is 0 Å². The second-order valence-electron chi connectivity index (χ2n) is 8.54. The summed E-state index contributed by atoms with van der Waals surface area (Å²) >= 11 is 0. The van der Waals surface area contributed by atoms with Gasteiger partial charge in [-0.1, -0.05) is 36.4 Å². The van der Waals surface area contributed by atoms with Crippen LogP contribution in [0.5, 0.6) is 5.75 Å². The first kappa shape index (κ1) is 33.4. The topological polar surface area (TPSA) is 148 Å². The predicted molar refractivity (Wildman–Crippen MR) is 147 cm³/mol. The maximum absolute atomic E-state index is 13.2. The van der Waals surface area contributed by atoms with E-state index in [1.54, 1.807) is 55.6 Å². The number of rotatable bonds is 10. The number of hydrogen-bond donors (Lipinski definition) is 2. The van der Waals surface area contributed by atoms with E-state index in [9.17, 15) is 27.4 Å². The maximum Gasteiger partial charge on any atom is 1.00 e. The van der Waals surface area contributed by atoms with Crippen LogP contribution in [-0.2, 0) is 19.7 Å². The quantitative estimate of drug-likeness (QED) is 0.251. The summed E-state index contributed by atoms with van der Waals surface area (Å²) in [4.78, 5) is 41.4. The third kappa shape index (κ3) is 9.40. The van der Waals surface area contributed by atoms with Gasteiger partial charge in [-0.15, -0.1) is 0 Å². The molecule has 0 saturated heterocycles. The van der Waals surface area contributed by atoms with Gasteiger partial charge < -0.3 is 29.7 Å². The van der Waals surface area contributed by atoms with E-state index in [1.807, 2.05) is 6.07 Å². The van der Waals surface area contributed by atoms with Crippen molar-refractivity contribution in [3.8, 4) is 5.75 Å². The fraction of sp³-hybridized carbons (Fsp3) is 0.222. The number of benzene rings is 3. The van der Waals surface area contributed by atoms with Crippen LogP contribution in [0.25, 0.3) is 0 Å². The number of para-hydroxylation sites is 1. The van der Waals surface area contributed by atoms with Crippen LogP contribution in [0.1, 0.15) is 17.7 Å². The summed E-state index contributed by atoms with van der Waals surface area (Å²) in [5.41, 5.74) is 1.50. The second-order valence-corrected chi connectivity index (χ2v) is 10.2. The third-order valence-electron chi connectivity index (χ3n) is 5.92. The third-order valence-corrected chi connectivity index (χ3v) is 7.06. The van der Waals surface area contributed by atoms with Crippen LogP contribution < -0.4 is 76.6 Å². The summed E-state index contributed by atoms with van der Waals surface area (Å²) in [6.07, 6.45) is 0. The van der Waals surface area contributed by atoms with E-state index in [4.69, 9.17) is 4.74 Å². The molecule has 0 aromatic heterocycles. The van der Waals surface area contributed by atoms with Gasteiger partial charge in [0.2, 0.25) is 11.8 Å². The number of nitrogens with zero attached hydrogens (tertiary/aromatic N) is 2. The number of carbonyl (C=O) groups is 3. The number of carbonyl (C=O) groups excluding carboxylic acids is 3. The largest absolute Gasteiger partial charge is 1.00 e. The molecule has 3 aromatic rings. The fourth-order valence-electron chi connectivity index (χ4n) is 3.60. The van der Waals surface area contributed by atoms with Crippen LogP contribution in [0, 0.1) is 0 Å². The van der Waals surface area contributed by atoms with E-state index >= 15 is 0 Å². The Bertz CT molecular complexity index is 1440. The van der Waals surface area contributed by atoms with Gasteiger partial charge in [0.25, 0.3) is 0 Å². The van der Waals surface area contributed by atoms with Crippen molar-refractivity contribution >= 4 is 45.0 Å². The first-order chi connectivity index (χ1) is 18.5. The zero-order valence-corrected chi connectivity index (χ0v) is 26.6. The van der Waals surface area contributed by atoms with Crippen molar-refractivity contribution in [3.63, 3.8) is 0 Å². The minimum Gasteiger partial charge on any atom is -0.747 e. The van der Waals surface area contributed by atoms with Gasteiger partial charge in [0, 0.05) is 30.2 Å². The van der Waals surface area contributed by atoms with Crippen molar-refractivity contribution in [1.82, 2.24) is 5.32 Å². The normalized spacial score (nSPS) is 11.4. The molecule has 11 nitrogen and oxygen atoms in total. The number of hydrogen-bond acceptors (Lipinski definition) is 7. The van der Waals surface area contributed by atoms with Gasteiger partial charge >= 0.3 is 57.4 Å². The molecule has 1 unspecified atom stereocenters. The van der Waals surface area contributed by atoms with Crippen molar-refractivity contribution in [2.75, 3.05) is 42.4 Å². The van der Waals surface area contributed by atoms with Crippen LogP contribution >= 0.6 is 0 Å². The molecule has 0 fully saturated rings. The number of nitrogens with one attached hydrogen (secondary N) is 2. The minimum atomic E-state index is -4.57. The number of anilines is 3. The van der Waals surface area contributed by atoms with Crippen LogP contribution in [0.2, 0.25) is 0 Å². The van der Waals surface area contributed by atoms with Gasteiger partial charge in [-0.3, -0.25) is 9.59 Å². The number of likely N-dealkylation sites (N-methyl/N-ethyl adjacent to an activating group) is 1. The number of ether oxygens (including phenoxy) is 1. The molecule has 13 heteroatoms. The van der Waals surface area contributed by atoms with Crippen molar-refractivity contribution in [1.29, 1.82) is 0 Å². The average molecular weight is 593 g/mol. The van der Waals surface area contributed by atoms with E-state index in [0.717, 1.165) is 0 Å². The maximum atomic E-state index is 13.2. The standard InChI is InChI=1S/C27H30N4O7S.K/c1-19(39(35,36)37)20-9-7-10-21(15-20)29-27(34)28-17-25(32)31(23-13-8-14-24(16-23)38-3)18-26(33)30(2)22-11-5-4-6-12-22;/h4-16,19H,17-18H2,1-3H3,(H2,28,29,34)(H,35,36,37);/q;+1/p-1. The molecule has 4 amide bonds. The Morgan fingerprint density at radius 2 is 1.57 bits per heavy atom. The first-order valence-corrected chi connectivity index (χ1v) is 13.3. The smallest absolute Gasteiger partial charge is 0.747 e. The number of urea groups is 1. The van der Waals surface area contributed by atoms with Crippen LogP contribution in [0.3, 0.4) is 0 Å².